The van der Waals surface area contributed by atoms with Crippen LogP contribution in [0.15, 0.2) is 29.2 Å². The zero-order valence-corrected chi connectivity index (χ0v) is 16.8. The van der Waals surface area contributed by atoms with Crippen molar-refractivity contribution in [1.82, 2.24) is 4.31 Å². The molecule has 8 heteroatoms. The van der Waals surface area contributed by atoms with Gasteiger partial charge in [-0.15, -0.1) is 0 Å². The lowest BCUT2D eigenvalue weighted by Gasteiger charge is -2.22. The molecular formula is C20H27NO6S. The second-order valence-corrected chi connectivity index (χ2v) is 8.82. The third-order valence-corrected chi connectivity index (χ3v) is 6.81. The zero-order chi connectivity index (χ0) is 20.7. The van der Waals surface area contributed by atoms with Crippen LogP contribution in [0.4, 0.5) is 0 Å². The topological polar surface area (TPSA) is 112 Å². The van der Waals surface area contributed by atoms with Crippen LogP contribution >= 0.6 is 0 Å². The molecule has 0 aromatic heterocycles. The van der Waals surface area contributed by atoms with Gasteiger partial charge in [0, 0.05) is 12.6 Å². The van der Waals surface area contributed by atoms with E-state index >= 15 is 0 Å². The highest BCUT2D eigenvalue weighted by Crippen LogP contribution is 2.42. The first-order chi connectivity index (χ1) is 13.3. The Labute approximate surface area is 165 Å². The average molecular weight is 410 g/mol. The maximum Gasteiger partial charge on any atom is 0.328 e. The third kappa shape index (κ3) is 5.42. The average Bonchev–Trinajstić information content (AvgIpc) is 2.83. The maximum absolute atomic E-state index is 13.0. The highest BCUT2D eigenvalue weighted by Gasteiger charge is 2.43. The first kappa shape index (κ1) is 22.1. The summed E-state index contributed by atoms with van der Waals surface area (Å²) >= 11 is 0. The van der Waals surface area contributed by atoms with Crippen molar-refractivity contribution in [3.05, 3.63) is 35.4 Å². The van der Waals surface area contributed by atoms with Crippen molar-refractivity contribution in [3.63, 3.8) is 0 Å². The second-order valence-electron chi connectivity index (χ2n) is 6.97. The highest BCUT2D eigenvalue weighted by molar-refractivity contribution is 7.89. The fourth-order valence-electron chi connectivity index (χ4n) is 3.47. The number of nitrogens with zero attached hydrogens (tertiary/aromatic N) is 1. The van der Waals surface area contributed by atoms with E-state index in [-0.39, 0.29) is 17.9 Å². The number of hydrogen-bond acceptors (Lipinski definition) is 4. The van der Waals surface area contributed by atoms with E-state index in [4.69, 9.17) is 5.11 Å². The van der Waals surface area contributed by atoms with Gasteiger partial charge >= 0.3 is 11.9 Å². The Morgan fingerprint density at radius 1 is 1.11 bits per heavy atom. The molecule has 0 unspecified atom stereocenters. The normalized spacial score (nSPS) is 18.4. The van der Waals surface area contributed by atoms with E-state index in [9.17, 15) is 23.1 Å². The van der Waals surface area contributed by atoms with Gasteiger partial charge in [0.1, 0.15) is 0 Å². The summed E-state index contributed by atoms with van der Waals surface area (Å²) in [7, 11) is -3.81. The van der Waals surface area contributed by atoms with Gasteiger partial charge in [-0.25, -0.2) is 13.2 Å². The van der Waals surface area contributed by atoms with Crippen molar-refractivity contribution in [2.75, 3.05) is 6.54 Å². The van der Waals surface area contributed by atoms with Crippen molar-refractivity contribution in [2.24, 2.45) is 0 Å². The Balaban J connectivity index is 2.24. The number of rotatable bonds is 11. The standard InChI is InChI=1S/C20H27NO6S/c1-2-3-4-5-6-7-12-21-17(14-20(24)25)16-10-8-15(9-11-19(22)23)13-18(16)28(21,26)27/h8-11,13,17H,2-7,12,14H2,1H3,(H,22,23)(H,24,25)/b11-9+/t17-/m0/s1. The minimum absolute atomic E-state index is 0.0669. The number of carboxylic acids is 2. The molecule has 0 saturated carbocycles. The molecule has 2 rings (SSSR count). The lowest BCUT2D eigenvalue weighted by molar-refractivity contribution is -0.138. The number of hydrogen-bond donors (Lipinski definition) is 2. The zero-order valence-electron chi connectivity index (χ0n) is 16.0. The molecule has 0 bridgehead atoms. The van der Waals surface area contributed by atoms with E-state index < -0.39 is 28.0 Å². The van der Waals surface area contributed by atoms with Crippen molar-refractivity contribution in [3.8, 4) is 0 Å². The van der Waals surface area contributed by atoms with Crippen LogP contribution in [0, 0.1) is 0 Å². The molecule has 0 fully saturated rings. The van der Waals surface area contributed by atoms with Gasteiger partial charge in [-0.1, -0.05) is 51.2 Å². The van der Waals surface area contributed by atoms with Crippen molar-refractivity contribution in [1.29, 1.82) is 0 Å². The Bertz CT molecular complexity index is 846. The molecule has 0 radical (unpaired) electrons. The number of sulfonamides is 1. The number of fused-ring (bicyclic) bond motifs is 1. The molecule has 1 heterocycles. The predicted molar refractivity (Wildman–Crippen MR) is 105 cm³/mol. The van der Waals surface area contributed by atoms with Crippen LogP contribution in [0.1, 0.15) is 69.0 Å². The highest BCUT2D eigenvalue weighted by atomic mass is 32.2. The van der Waals surface area contributed by atoms with Crippen LogP contribution in [0.25, 0.3) is 6.08 Å². The summed E-state index contributed by atoms with van der Waals surface area (Å²) in [6.45, 7) is 2.41. The largest absolute Gasteiger partial charge is 0.481 e. The summed E-state index contributed by atoms with van der Waals surface area (Å²) < 4.78 is 27.3. The monoisotopic (exact) mass is 409 g/mol. The first-order valence-corrected chi connectivity index (χ1v) is 11.0. The number of carboxylic acid groups (broad SMARTS) is 2. The van der Waals surface area contributed by atoms with Crippen molar-refractivity contribution >= 4 is 28.0 Å². The summed E-state index contributed by atoms with van der Waals surface area (Å²) in [5, 5.41) is 18.0. The molecule has 0 spiro atoms. The lowest BCUT2D eigenvalue weighted by atomic mass is 10.0. The van der Waals surface area contributed by atoms with Gasteiger partial charge in [-0.05, 0) is 29.7 Å². The van der Waals surface area contributed by atoms with Crippen LogP contribution in [0.5, 0.6) is 0 Å². The molecule has 1 aliphatic rings. The molecule has 154 valence electrons. The molecule has 28 heavy (non-hydrogen) atoms. The summed E-state index contributed by atoms with van der Waals surface area (Å²) in [6.07, 6.45) is 7.97. The van der Waals surface area contributed by atoms with Crippen LogP contribution < -0.4 is 0 Å². The first-order valence-electron chi connectivity index (χ1n) is 9.56. The second kappa shape index (κ2) is 9.84. The molecule has 1 atom stereocenters. The summed E-state index contributed by atoms with van der Waals surface area (Å²) in [5.41, 5.74) is 0.904. The van der Waals surface area contributed by atoms with Crippen molar-refractivity contribution < 1.29 is 28.2 Å². The van der Waals surface area contributed by atoms with Gasteiger partial charge in [-0.3, -0.25) is 4.79 Å². The minimum Gasteiger partial charge on any atom is -0.481 e. The van der Waals surface area contributed by atoms with E-state index in [1.54, 1.807) is 12.1 Å². The summed E-state index contributed by atoms with van der Waals surface area (Å²) in [5.74, 6) is -2.19. The van der Waals surface area contributed by atoms with Crippen molar-refractivity contribution in [2.45, 2.75) is 62.8 Å². The van der Waals surface area contributed by atoms with E-state index in [2.05, 4.69) is 6.92 Å². The number of benzene rings is 1. The van der Waals surface area contributed by atoms with Gasteiger partial charge in [-0.2, -0.15) is 4.31 Å². The molecule has 1 aromatic rings. The minimum atomic E-state index is -3.81. The smallest absolute Gasteiger partial charge is 0.328 e. The van der Waals surface area contributed by atoms with E-state index in [1.807, 2.05) is 0 Å². The van der Waals surface area contributed by atoms with E-state index in [0.717, 1.165) is 38.2 Å². The molecular weight excluding hydrogens is 382 g/mol. The number of unbranched alkanes of at least 4 members (excludes halogenated alkanes) is 5. The van der Waals surface area contributed by atoms with Gasteiger partial charge in [0.2, 0.25) is 10.0 Å². The lowest BCUT2D eigenvalue weighted by Crippen LogP contribution is -2.30. The van der Waals surface area contributed by atoms with Gasteiger partial charge in [0.05, 0.1) is 17.4 Å². The predicted octanol–water partition coefficient (Wildman–Crippen LogP) is 3.67. The number of aliphatic carboxylic acids is 2. The summed E-state index contributed by atoms with van der Waals surface area (Å²) in [6, 6.07) is 3.88. The van der Waals surface area contributed by atoms with Crippen LogP contribution in [-0.4, -0.2) is 41.4 Å². The molecule has 2 N–H and O–H groups in total. The molecule has 7 nitrogen and oxygen atoms in total. The molecule has 0 amide bonds. The van der Waals surface area contributed by atoms with Gasteiger partial charge < -0.3 is 10.2 Å². The van der Waals surface area contributed by atoms with Gasteiger partial charge in [0.25, 0.3) is 0 Å². The molecule has 1 aromatic carbocycles. The molecule has 0 saturated heterocycles. The van der Waals surface area contributed by atoms with Crippen LogP contribution in [0.3, 0.4) is 0 Å². The van der Waals surface area contributed by atoms with Crippen LogP contribution in [0.2, 0.25) is 0 Å². The Morgan fingerprint density at radius 3 is 2.43 bits per heavy atom. The summed E-state index contributed by atoms with van der Waals surface area (Å²) in [4.78, 5) is 22.1. The van der Waals surface area contributed by atoms with E-state index in [1.165, 1.54) is 16.4 Å². The maximum atomic E-state index is 13.0. The van der Waals surface area contributed by atoms with Gasteiger partial charge in [0.15, 0.2) is 0 Å². The quantitative estimate of drug-likeness (QED) is 0.426. The fourth-order valence-corrected chi connectivity index (χ4v) is 5.40. The Morgan fingerprint density at radius 2 is 1.79 bits per heavy atom. The van der Waals surface area contributed by atoms with E-state index in [0.29, 0.717) is 17.5 Å². The molecule has 1 aliphatic heterocycles. The molecule has 0 aliphatic carbocycles. The Kier molecular flexibility index (Phi) is 7.77. The fraction of sp³-hybridized carbons (Fsp3) is 0.500. The number of carbonyl (C=O) groups is 2. The Hall–Kier alpha value is -2.19. The van der Waals surface area contributed by atoms with Crippen LogP contribution in [-0.2, 0) is 19.6 Å². The SMILES string of the molecule is CCCCCCCCN1[C@@H](CC(=O)O)c2ccc(/C=C/C(=O)O)cc2S1(=O)=O. The third-order valence-electron chi connectivity index (χ3n) is 4.85.